The molecular formula is C22H15F3N6O2. The second kappa shape index (κ2) is 8.19. The van der Waals surface area contributed by atoms with Crippen LogP contribution in [0.5, 0.6) is 0 Å². The summed E-state index contributed by atoms with van der Waals surface area (Å²) in [5.74, 6) is -0.383. The maximum absolute atomic E-state index is 13.6. The van der Waals surface area contributed by atoms with Gasteiger partial charge >= 0.3 is 6.18 Å². The number of nitrogens with two attached hydrogens (primary N) is 2. The van der Waals surface area contributed by atoms with Crippen molar-refractivity contribution in [2.45, 2.75) is 6.18 Å². The zero-order chi connectivity index (χ0) is 23.8. The predicted molar refractivity (Wildman–Crippen MR) is 118 cm³/mol. The molecule has 4 N–H and O–H groups in total. The first-order valence-electron chi connectivity index (χ1n) is 9.47. The largest absolute Gasteiger partial charge is 0.417 e. The first kappa shape index (κ1) is 21.7. The minimum atomic E-state index is -4.62. The van der Waals surface area contributed by atoms with Crippen LogP contribution in [0.2, 0.25) is 0 Å². The number of aromatic nitrogens is 2. The van der Waals surface area contributed by atoms with Gasteiger partial charge in [-0.05, 0) is 24.3 Å². The van der Waals surface area contributed by atoms with Crippen LogP contribution < -0.4 is 11.5 Å². The number of para-hydroxylation sites is 1. The van der Waals surface area contributed by atoms with Crippen LogP contribution in [0.15, 0.2) is 71.7 Å². The second-order valence-electron chi connectivity index (χ2n) is 6.96. The molecule has 0 amide bonds. The molecule has 8 nitrogen and oxygen atoms in total. The van der Waals surface area contributed by atoms with Gasteiger partial charge in [-0.2, -0.15) is 13.2 Å². The summed E-state index contributed by atoms with van der Waals surface area (Å²) in [6.45, 7) is 0. The molecule has 0 spiro atoms. The molecule has 3 aromatic carbocycles. The summed E-state index contributed by atoms with van der Waals surface area (Å²) in [7, 11) is 0. The van der Waals surface area contributed by atoms with Gasteiger partial charge in [0, 0.05) is 34.3 Å². The van der Waals surface area contributed by atoms with E-state index in [2.05, 4.69) is 15.0 Å². The summed E-state index contributed by atoms with van der Waals surface area (Å²) >= 11 is 0. The van der Waals surface area contributed by atoms with E-state index in [0.29, 0.717) is 10.9 Å². The lowest BCUT2D eigenvalue weighted by Gasteiger charge is -2.13. The normalized spacial score (nSPS) is 12.2. The van der Waals surface area contributed by atoms with Gasteiger partial charge in [0.1, 0.15) is 5.84 Å². The Bertz CT molecular complexity index is 1420. The van der Waals surface area contributed by atoms with Gasteiger partial charge in [0.05, 0.1) is 16.0 Å². The molecular weight excluding hydrogens is 437 g/mol. The van der Waals surface area contributed by atoms with E-state index in [0.717, 1.165) is 12.1 Å². The fourth-order valence-electron chi connectivity index (χ4n) is 3.24. The Morgan fingerprint density at radius 3 is 2.42 bits per heavy atom. The zero-order valence-electron chi connectivity index (χ0n) is 16.7. The number of amidine groups is 1. The number of rotatable bonds is 4. The van der Waals surface area contributed by atoms with Gasteiger partial charge in [-0.25, -0.2) is 15.0 Å². The van der Waals surface area contributed by atoms with Gasteiger partial charge in [0.2, 0.25) is 0 Å². The van der Waals surface area contributed by atoms with E-state index in [-0.39, 0.29) is 40.0 Å². The second-order valence-corrected chi connectivity index (χ2v) is 6.96. The number of fused-ring (bicyclic) bond motifs is 1. The summed E-state index contributed by atoms with van der Waals surface area (Å²) in [6.07, 6.45) is -4.62. The smallest absolute Gasteiger partial charge is 0.398 e. The van der Waals surface area contributed by atoms with Crippen molar-refractivity contribution in [1.82, 2.24) is 9.97 Å². The van der Waals surface area contributed by atoms with Crippen molar-refractivity contribution in [1.29, 1.82) is 0 Å². The highest BCUT2D eigenvalue weighted by Crippen LogP contribution is 2.37. The lowest BCUT2D eigenvalue weighted by molar-refractivity contribution is -0.384. The monoisotopic (exact) mass is 452 g/mol. The number of nitro groups is 1. The van der Waals surface area contributed by atoms with E-state index in [9.17, 15) is 23.3 Å². The Balaban J connectivity index is 1.93. The van der Waals surface area contributed by atoms with Crippen molar-refractivity contribution < 1.29 is 18.1 Å². The quantitative estimate of drug-likeness (QED) is 0.150. The van der Waals surface area contributed by atoms with E-state index >= 15 is 0 Å². The minimum Gasteiger partial charge on any atom is -0.398 e. The number of hydrogen-bond acceptors (Lipinski definition) is 6. The summed E-state index contributed by atoms with van der Waals surface area (Å²) < 4.78 is 40.7. The van der Waals surface area contributed by atoms with Crippen LogP contribution in [0.25, 0.3) is 22.3 Å². The fraction of sp³-hybridized carbons (Fsp3) is 0.0455. The maximum atomic E-state index is 13.6. The van der Waals surface area contributed by atoms with Crippen LogP contribution in [0.3, 0.4) is 0 Å². The molecule has 11 heteroatoms. The standard InChI is InChI=1S/C22H15F3N6O2/c23-22(24,25)16-7-3-1-5-13(16)20-28-18-8-4-2-6-14(18)21(30-20)29-19(27)15-11-12(31(32)33)9-10-17(15)26/h1-11H,26H2,(H2,27,28,29,30). The van der Waals surface area contributed by atoms with E-state index in [1.807, 2.05) is 0 Å². The highest BCUT2D eigenvalue weighted by atomic mass is 19.4. The molecule has 1 aromatic heterocycles. The molecule has 0 aliphatic rings. The molecule has 0 unspecified atom stereocenters. The van der Waals surface area contributed by atoms with Crippen LogP contribution in [0, 0.1) is 10.1 Å². The van der Waals surface area contributed by atoms with E-state index in [4.69, 9.17) is 11.5 Å². The molecule has 0 aliphatic carbocycles. The topological polar surface area (TPSA) is 133 Å². The molecule has 0 radical (unpaired) electrons. The van der Waals surface area contributed by atoms with Crippen LogP contribution in [-0.2, 0) is 6.18 Å². The van der Waals surface area contributed by atoms with Gasteiger partial charge in [0.15, 0.2) is 11.6 Å². The number of anilines is 1. The van der Waals surface area contributed by atoms with Crippen molar-refractivity contribution in [3.63, 3.8) is 0 Å². The first-order chi connectivity index (χ1) is 15.6. The lowest BCUT2D eigenvalue weighted by Crippen LogP contribution is -2.15. The van der Waals surface area contributed by atoms with Crippen molar-refractivity contribution >= 4 is 33.9 Å². The van der Waals surface area contributed by atoms with Gasteiger partial charge < -0.3 is 11.5 Å². The summed E-state index contributed by atoms with van der Waals surface area (Å²) in [4.78, 5) is 23.3. The Labute approximate surface area is 184 Å². The molecule has 4 rings (SSSR count). The summed E-state index contributed by atoms with van der Waals surface area (Å²) in [6, 6.07) is 15.2. The molecule has 0 atom stereocenters. The first-order valence-corrected chi connectivity index (χ1v) is 9.47. The third-order valence-electron chi connectivity index (χ3n) is 4.81. The third-order valence-corrected chi connectivity index (χ3v) is 4.81. The van der Waals surface area contributed by atoms with Crippen LogP contribution in [-0.4, -0.2) is 20.7 Å². The number of hydrogen-bond donors (Lipinski definition) is 2. The third kappa shape index (κ3) is 4.28. The molecule has 1 heterocycles. The Hall–Kier alpha value is -4.54. The van der Waals surface area contributed by atoms with Crippen molar-refractivity contribution in [2.75, 3.05) is 5.73 Å². The molecule has 0 bridgehead atoms. The zero-order valence-corrected chi connectivity index (χ0v) is 16.7. The molecule has 166 valence electrons. The fourth-order valence-corrected chi connectivity index (χ4v) is 3.24. The van der Waals surface area contributed by atoms with Crippen molar-refractivity contribution in [3.05, 3.63) is 88.0 Å². The number of aliphatic imine (C=N–C) groups is 1. The SMILES string of the molecule is NC(=Nc1nc(-c2ccccc2C(F)(F)F)nc2ccccc12)c1cc([N+](=O)[O-])ccc1N. The number of benzene rings is 3. The average Bonchev–Trinajstić information content (AvgIpc) is 2.78. The summed E-state index contributed by atoms with van der Waals surface area (Å²) in [5.41, 5.74) is 11.2. The van der Waals surface area contributed by atoms with Gasteiger partial charge in [0.25, 0.3) is 5.69 Å². The highest BCUT2D eigenvalue weighted by molar-refractivity contribution is 6.05. The Morgan fingerprint density at radius 1 is 1.00 bits per heavy atom. The number of nitrogens with zero attached hydrogens (tertiary/aromatic N) is 4. The minimum absolute atomic E-state index is 0.00372. The van der Waals surface area contributed by atoms with Gasteiger partial charge in [-0.3, -0.25) is 10.1 Å². The molecule has 4 aromatic rings. The number of nitro benzene ring substituents is 1. The number of nitrogen functional groups attached to an aromatic ring is 1. The maximum Gasteiger partial charge on any atom is 0.417 e. The number of alkyl halides is 3. The van der Waals surface area contributed by atoms with Gasteiger partial charge in [-0.1, -0.05) is 30.3 Å². The molecule has 0 fully saturated rings. The Morgan fingerprint density at radius 2 is 1.70 bits per heavy atom. The summed E-state index contributed by atoms with van der Waals surface area (Å²) in [5, 5.41) is 11.5. The van der Waals surface area contributed by atoms with Crippen molar-refractivity contribution in [3.8, 4) is 11.4 Å². The van der Waals surface area contributed by atoms with E-state index in [1.165, 1.54) is 30.3 Å². The van der Waals surface area contributed by atoms with E-state index < -0.39 is 16.7 Å². The highest BCUT2D eigenvalue weighted by Gasteiger charge is 2.34. The average molecular weight is 452 g/mol. The lowest BCUT2D eigenvalue weighted by atomic mass is 10.1. The Kier molecular flexibility index (Phi) is 5.38. The van der Waals surface area contributed by atoms with Crippen molar-refractivity contribution in [2.24, 2.45) is 10.7 Å². The predicted octanol–water partition coefficient (Wildman–Crippen LogP) is 4.84. The molecule has 0 saturated carbocycles. The van der Waals surface area contributed by atoms with Gasteiger partial charge in [-0.15, -0.1) is 0 Å². The molecule has 33 heavy (non-hydrogen) atoms. The molecule has 0 aliphatic heterocycles. The number of halogens is 3. The molecule has 0 saturated heterocycles. The van der Waals surface area contributed by atoms with Crippen LogP contribution in [0.4, 0.5) is 30.4 Å². The van der Waals surface area contributed by atoms with Crippen LogP contribution >= 0.6 is 0 Å². The van der Waals surface area contributed by atoms with E-state index in [1.54, 1.807) is 24.3 Å². The number of non-ortho nitro benzene ring substituents is 1. The van der Waals surface area contributed by atoms with Crippen LogP contribution in [0.1, 0.15) is 11.1 Å².